The Balaban J connectivity index is 1.78. The predicted molar refractivity (Wildman–Crippen MR) is 97.8 cm³/mol. The van der Waals surface area contributed by atoms with Crippen molar-refractivity contribution in [3.05, 3.63) is 70.4 Å². The summed E-state index contributed by atoms with van der Waals surface area (Å²) in [6.45, 7) is 5.28. The van der Waals surface area contributed by atoms with E-state index in [0.29, 0.717) is 17.2 Å². The van der Waals surface area contributed by atoms with E-state index in [2.05, 4.69) is 23.7 Å². The maximum Gasteiger partial charge on any atom is 0.269 e. The third-order valence-electron chi connectivity index (χ3n) is 3.93. The van der Waals surface area contributed by atoms with E-state index in [4.69, 9.17) is 0 Å². The Bertz CT molecular complexity index is 927. The molecule has 1 heterocycles. The molecule has 1 amide bonds. The number of amides is 1. The molecule has 0 atom stereocenters. The Hall–Kier alpha value is -3.15. The molecule has 6 heteroatoms. The molecule has 0 unspecified atom stereocenters. The molecular formula is C19H19N3O3. The molecule has 0 saturated carbocycles. The molecule has 3 aromatic rings. The lowest BCUT2D eigenvalue weighted by Crippen LogP contribution is -2.11. The quantitative estimate of drug-likeness (QED) is 0.551. The fourth-order valence-corrected chi connectivity index (χ4v) is 2.77. The second-order valence-corrected chi connectivity index (χ2v) is 6.39. The molecule has 0 radical (unpaired) electrons. The third-order valence-corrected chi connectivity index (χ3v) is 3.93. The fraction of sp³-hybridized carbons (Fsp3) is 0.211. The topological polar surface area (TPSA) is 77.2 Å². The van der Waals surface area contributed by atoms with E-state index in [0.717, 1.165) is 17.4 Å². The smallest absolute Gasteiger partial charge is 0.269 e. The van der Waals surface area contributed by atoms with Crippen molar-refractivity contribution in [1.82, 2.24) is 4.57 Å². The number of carbonyl (C=O) groups is 1. The van der Waals surface area contributed by atoms with Gasteiger partial charge in [-0.1, -0.05) is 13.8 Å². The van der Waals surface area contributed by atoms with Crippen LogP contribution in [0.15, 0.2) is 54.7 Å². The summed E-state index contributed by atoms with van der Waals surface area (Å²) in [6, 6.07) is 13.4. The summed E-state index contributed by atoms with van der Waals surface area (Å²) in [4.78, 5) is 22.5. The summed E-state index contributed by atoms with van der Waals surface area (Å²) in [5.74, 6) is 0.257. The highest BCUT2D eigenvalue weighted by Crippen LogP contribution is 2.22. The van der Waals surface area contributed by atoms with Crippen molar-refractivity contribution in [2.75, 3.05) is 5.32 Å². The molecule has 0 aliphatic rings. The van der Waals surface area contributed by atoms with Crippen LogP contribution in [-0.2, 0) is 6.54 Å². The van der Waals surface area contributed by atoms with Crippen LogP contribution < -0.4 is 5.32 Å². The number of rotatable bonds is 5. The lowest BCUT2D eigenvalue weighted by atomic mass is 10.1. The number of non-ortho nitro benzene ring substituents is 1. The van der Waals surface area contributed by atoms with Crippen LogP contribution in [0.5, 0.6) is 0 Å². The van der Waals surface area contributed by atoms with Gasteiger partial charge in [0.2, 0.25) is 0 Å². The standard InChI is InChI=1S/C19H19N3O3/c1-13(2)12-21-10-9-15-11-16(5-8-18(15)21)20-19(23)14-3-6-17(7-4-14)22(24)25/h3-11,13H,12H2,1-2H3,(H,20,23). The lowest BCUT2D eigenvalue weighted by Gasteiger charge is -2.09. The SMILES string of the molecule is CC(C)Cn1ccc2cc(NC(=O)c3ccc([N+](=O)[O-])cc3)ccc21. The molecule has 2 aromatic carbocycles. The van der Waals surface area contributed by atoms with Crippen molar-refractivity contribution in [3.63, 3.8) is 0 Å². The first-order valence-corrected chi connectivity index (χ1v) is 8.09. The Kier molecular flexibility index (Phi) is 4.52. The zero-order chi connectivity index (χ0) is 18.0. The minimum absolute atomic E-state index is 0.0375. The molecular weight excluding hydrogens is 318 g/mol. The molecule has 0 bridgehead atoms. The number of aromatic nitrogens is 1. The van der Waals surface area contributed by atoms with Gasteiger partial charge >= 0.3 is 0 Å². The predicted octanol–water partition coefficient (Wildman–Crippen LogP) is 4.46. The minimum Gasteiger partial charge on any atom is -0.347 e. The van der Waals surface area contributed by atoms with Crippen LogP contribution in [0, 0.1) is 16.0 Å². The number of hydrogen-bond acceptors (Lipinski definition) is 3. The van der Waals surface area contributed by atoms with Crippen molar-refractivity contribution in [3.8, 4) is 0 Å². The molecule has 25 heavy (non-hydrogen) atoms. The largest absolute Gasteiger partial charge is 0.347 e. The van der Waals surface area contributed by atoms with Crippen LogP contribution in [0.1, 0.15) is 24.2 Å². The summed E-state index contributed by atoms with van der Waals surface area (Å²) in [5, 5.41) is 14.6. The van der Waals surface area contributed by atoms with E-state index in [1.54, 1.807) is 0 Å². The van der Waals surface area contributed by atoms with Crippen molar-refractivity contribution in [2.45, 2.75) is 20.4 Å². The number of hydrogen-bond donors (Lipinski definition) is 1. The van der Waals surface area contributed by atoms with E-state index < -0.39 is 4.92 Å². The van der Waals surface area contributed by atoms with Crippen molar-refractivity contribution in [2.24, 2.45) is 5.92 Å². The van der Waals surface area contributed by atoms with Gasteiger partial charge in [0, 0.05) is 47.0 Å². The van der Waals surface area contributed by atoms with Crippen LogP contribution in [-0.4, -0.2) is 15.4 Å². The highest BCUT2D eigenvalue weighted by molar-refractivity contribution is 6.05. The van der Waals surface area contributed by atoms with Gasteiger partial charge in [-0.05, 0) is 42.3 Å². The monoisotopic (exact) mass is 337 g/mol. The normalized spacial score (nSPS) is 11.0. The lowest BCUT2D eigenvalue weighted by molar-refractivity contribution is -0.384. The van der Waals surface area contributed by atoms with E-state index >= 15 is 0 Å². The Morgan fingerprint density at radius 1 is 1.16 bits per heavy atom. The fourth-order valence-electron chi connectivity index (χ4n) is 2.77. The summed E-state index contributed by atoms with van der Waals surface area (Å²) in [5.41, 5.74) is 2.16. The summed E-state index contributed by atoms with van der Waals surface area (Å²) >= 11 is 0. The first-order valence-electron chi connectivity index (χ1n) is 8.09. The number of anilines is 1. The van der Waals surface area contributed by atoms with Gasteiger partial charge in [-0.15, -0.1) is 0 Å². The average Bonchev–Trinajstić information content (AvgIpc) is 2.96. The zero-order valence-corrected chi connectivity index (χ0v) is 14.1. The molecule has 3 rings (SSSR count). The number of carbonyl (C=O) groups excluding carboxylic acids is 1. The van der Waals surface area contributed by atoms with E-state index in [-0.39, 0.29) is 11.6 Å². The number of nitrogens with one attached hydrogen (secondary N) is 1. The first-order chi connectivity index (χ1) is 11.9. The number of nitro benzene ring substituents is 1. The highest BCUT2D eigenvalue weighted by Gasteiger charge is 2.10. The van der Waals surface area contributed by atoms with E-state index in [1.807, 2.05) is 30.5 Å². The maximum absolute atomic E-state index is 12.3. The molecule has 0 aliphatic heterocycles. The van der Waals surface area contributed by atoms with Gasteiger partial charge in [0.25, 0.3) is 11.6 Å². The van der Waals surface area contributed by atoms with E-state index in [1.165, 1.54) is 24.3 Å². The van der Waals surface area contributed by atoms with Crippen molar-refractivity contribution < 1.29 is 9.72 Å². The molecule has 0 fully saturated rings. The summed E-state index contributed by atoms with van der Waals surface area (Å²) in [7, 11) is 0. The number of fused-ring (bicyclic) bond motifs is 1. The van der Waals surface area contributed by atoms with Crippen LogP contribution in [0.25, 0.3) is 10.9 Å². The van der Waals surface area contributed by atoms with Gasteiger partial charge in [-0.25, -0.2) is 0 Å². The molecule has 0 saturated heterocycles. The molecule has 128 valence electrons. The maximum atomic E-state index is 12.3. The van der Waals surface area contributed by atoms with Gasteiger partial charge in [-0.3, -0.25) is 14.9 Å². The van der Waals surface area contributed by atoms with Gasteiger partial charge in [0.15, 0.2) is 0 Å². The second-order valence-electron chi connectivity index (χ2n) is 6.39. The zero-order valence-electron chi connectivity index (χ0n) is 14.1. The van der Waals surface area contributed by atoms with Crippen LogP contribution in [0.2, 0.25) is 0 Å². The average molecular weight is 337 g/mol. The Morgan fingerprint density at radius 2 is 1.88 bits per heavy atom. The molecule has 0 spiro atoms. The van der Waals surface area contributed by atoms with Crippen molar-refractivity contribution in [1.29, 1.82) is 0 Å². The van der Waals surface area contributed by atoms with Crippen molar-refractivity contribution >= 4 is 28.2 Å². The first kappa shape index (κ1) is 16.7. The molecule has 6 nitrogen and oxygen atoms in total. The Labute approximate surface area is 145 Å². The number of nitrogens with zero attached hydrogens (tertiary/aromatic N) is 2. The molecule has 1 aromatic heterocycles. The van der Waals surface area contributed by atoms with Crippen LogP contribution in [0.4, 0.5) is 11.4 Å². The van der Waals surface area contributed by atoms with Gasteiger partial charge in [0.1, 0.15) is 0 Å². The minimum atomic E-state index is -0.489. The van der Waals surface area contributed by atoms with E-state index in [9.17, 15) is 14.9 Å². The molecule has 0 aliphatic carbocycles. The van der Waals surface area contributed by atoms with Gasteiger partial charge in [0.05, 0.1) is 4.92 Å². The number of nitro groups is 1. The molecule has 1 N–H and O–H groups in total. The Morgan fingerprint density at radius 3 is 2.52 bits per heavy atom. The summed E-state index contributed by atoms with van der Waals surface area (Å²) in [6.07, 6.45) is 2.05. The van der Waals surface area contributed by atoms with Crippen LogP contribution >= 0.6 is 0 Å². The van der Waals surface area contributed by atoms with Gasteiger partial charge < -0.3 is 9.88 Å². The summed E-state index contributed by atoms with van der Waals surface area (Å²) < 4.78 is 2.20. The van der Waals surface area contributed by atoms with Gasteiger partial charge in [-0.2, -0.15) is 0 Å². The number of benzene rings is 2. The third kappa shape index (κ3) is 3.68. The highest BCUT2D eigenvalue weighted by atomic mass is 16.6. The van der Waals surface area contributed by atoms with Crippen LogP contribution in [0.3, 0.4) is 0 Å². The second kappa shape index (κ2) is 6.76.